The van der Waals surface area contributed by atoms with Gasteiger partial charge in [-0.3, -0.25) is 0 Å². The maximum atomic E-state index is 4.77. The number of nitrogens with zero attached hydrogens (tertiary/aromatic N) is 4. The molecule has 0 radical (unpaired) electrons. The normalized spacial score (nSPS) is 16.3. The van der Waals surface area contributed by atoms with Gasteiger partial charge in [0.2, 0.25) is 0 Å². The van der Waals surface area contributed by atoms with E-state index in [9.17, 15) is 0 Å². The zero-order valence-corrected chi connectivity index (χ0v) is 16.0. The van der Waals surface area contributed by atoms with Gasteiger partial charge in [0.1, 0.15) is 5.69 Å². The van der Waals surface area contributed by atoms with E-state index in [1.54, 1.807) is 10.7 Å². The van der Waals surface area contributed by atoms with Crippen LogP contribution in [0.15, 0.2) is 67.1 Å². The van der Waals surface area contributed by atoms with E-state index in [4.69, 9.17) is 4.98 Å². The van der Waals surface area contributed by atoms with Crippen molar-refractivity contribution < 1.29 is 0 Å². The summed E-state index contributed by atoms with van der Waals surface area (Å²) in [6, 6.07) is 16.3. The van der Waals surface area contributed by atoms with Gasteiger partial charge in [-0.2, -0.15) is 5.10 Å². The summed E-state index contributed by atoms with van der Waals surface area (Å²) in [6.45, 7) is 2.09. The van der Waals surface area contributed by atoms with E-state index in [1.165, 1.54) is 12.8 Å². The topological polar surface area (TPSA) is 55.1 Å². The lowest BCUT2D eigenvalue weighted by molar-refractivity contribution is 0.454. The first-order chi connectivity index (χ1) is 14.4. The van der Waals surface area contributed by atoms with Gasteiger partial charge < -0.3 is 5.32 Å². The van der Waals surface area contributed by atoms with Crippen LogP contribution in [0.25, 0.3) is 16.8 Å². The van der Waals surface area contributed by atoms with Crippen molar-refractivity contribution in [2.45, 2.75) is 18.8 Å². The lowest BCUT2D eigenvalue weighted by atomic mass is 9.95. The van der Waals surface area contributed by atoms with Gasteiger partial charge >= 0.3 is 0 Å². The number of benzene rings is 1. The first kappa shape index (κ1) is 17.6. The molecule has 29 heavy (non-hydrogen) atoms. The minimum atomic E-state index is 0.473. The van der Waals surface area contributed by atoms with E-state index in [-0.39, 0.29) is 0 Å². The Labute approximate surface area is 169 Å². The molecule has 1 atom stereocenters. The highest BCUT2D eigenvalue weighted by molar-refractivity contribution is 5.65. The Hall–Kier alpha value is -3.49. The predicted octanol–water partition coefficient (Wildman–Crippen LogP) is 3.66. The molecule has 0 spiro atoms. The average molecular weight is 379 g/mol. The first-order valence-electron chi connectivity index (χ1n) is 9.95. The summed E-state index contributed by atoms with van der Waals surface area (Å²) in [7, 11) is 0. The molecule has 3 aromatic heterocycles. The molecule has 5 nitrogen and oxygen atoms in total. The lowest BCUT2D eigenvalue weighted by Crippen LogP contribution is -2.28. The SMILES string of the molecule is C(#Cc1cnn2cc(-c3ccccc3)cnc12)c1cccc(C2CCCNC2)n1. The summed E-state index contributed by atoms with van der Waals surface area (Å²) >= 11 is 0. The summed E-state index contributed by atoms with van der Waals surface area (Å²) in [5.41, 5.74) is 5.60. The Balaban J connectivity index is 1.42. The first-order valence-corrected chi connectivity index (χ1v) is 9.95. The van der Waals surface area contributed by atoms with Crippen molar-refractivity contribution in [3.05, 3.63) is 84.1 Å². The van der Waals surface area contributed by atoms with Gasteiger partial charge in [0, 0.05) is 36.1 Å². The summed E-state index contributed by atoms with van der Waals surface area (Å²) < 4.78 is 1.78. The highest BCUT2D eigenvalue weighted by Gasteiger charge is 2.16. The molecule has 0 bridgehead atoms. The van der Waals surface area contributed by atoms with E-state index in [2.05, 4.69) is 45.4 Å². The standard InChI is InChI=1S/C24H21N5/c1-2-6-18(7-3-1)21-15-26-24-20(16-27-29(24)17-21)11-12-22-9-4-10-23(28-22)19-8-5-13-25-14-19/h1-4,6-7,9-10,15-17,19,25H,5,8,13-14H2. The lowest BCUT2D eigenvalue weighted by Gasteiger charge is -2.22. The van der Waals surface area contributed by atoms with Crippen molar-refractivity contribution in [2.24, 2.45) is 0 Å². The summed E-state index contributed by atoms with van der Waals surface area (Å²) in [5, 5.41) is 7.88. The molecule has 4 heterocycles. The molecule has 0 aliphatic carbocycles. The molecule has 5 rings (SSSR count). The van der Waals surface area contributed by atoms with Gasteiger partial charge in [0.15, 0.2) is 5.65 Å². The quantitative estimate of drug-likeness (QED) is 0.540. The smallest absolute Gasteiger partial charge is 0.170 e. The second kappa shape index (κ2) is 7.86. The predicted molar refractivity (Wildman–Crippen MR) is 113 cm³/mol. The van der Waals surface area contributed by atoms with Crippen molar-refractivity contribution >= 4 is 5.65 Å². The molecule has 142 valence electrons. The monoisotopic (exact) mass is 379 g/mol. The van der Waals surface area contributed by atoms with Crippen LogP contribution in [0, 0.1) is 11.8 Å². The van der Waals surface area contributed by atoms with Crippen LogP contribution < -0.4 is 5.32 Å². The molecule has 1 aliphatic rings. The average Bonchev–Trinajstić information content (AvgIpc) is 3.21. The zero-order valence-electron chi connectivity index (χ0n) is 16.0. The zero-order chi connectivity index (χ0) is 19.5. The second-order valence-electron chi connectivity index (χ2n) is 7.28. The highest BCUT2D eigenvalue weighted by Crippen LogP contribution is 2.21. The summed E-state index contributed by atoms with van der Waals surface area (Å²) in [4.78, 5) is 9.36. The van der Waals surface area contributed by atoms with Crippen molar-refractivity contribution in [2.75, 3.05) is 13.1 Å². The number of aromatic nitrogens is 4. The van der Waals surface area contributed by atoms with Crippen molar-refractivity contribution in [3.8, 4) is 23.0 Å². The molecular formula is C24H21N5. The van der Waals surface area contributed by atoms with Gasteiger partial charge in [0.25, 0.3) is 0 Å². The van der Waals surface area contributed by atoms with Crippen molar-refractivity contribution in [1.29, 1.82) is 0 Å². The third-order valence-electron chi connectivity index (χ3n) is 5.27. The molecule has 1 aliphatic heterocycles. The van der Waals surface area contributed by atoms with Gasteiger partial charge in [-0.15, -0.1) is 0 Å². The molecule has 1 fully saturated rings. The molecule has 1 aromatic carbocycles. The van der Waals surface area contributed by atoms with E-state index in [0.29, 0.717) is 5.92 Å². The van der Waals surface area contributed by atoms with Crippen LogP contribution in [0.2, 0.25) is 0 Å². The Bertz CT molecular complexity index is 1190. The largest absolute Gasteiger partial charge is 0.316 e. The number of rotatable bonds is 2. The van der Waals surface area contributed by atoms with Crippen LogP contribution in [0.4, 0.5) is 0 Å². The molecule has 1 unspecified atom stereocenters. The van der Waals surface area contributed by atoms with E-state index < -0.39 is 0 Å². The highest BCUT2D eigenvalue weighted by atomic mass is 15.2. The fourth-order valence-electron chi connectivity index (χ4n) is 3.73. The fraction of sp³-hybridized carbons (Fsp3) is 0.208. The molecular weight excluding hydrogens is 358 g/mol. The molecule has 5 heteroatoms. The van der Waals surface area contributed by atoms with Crippen LogP contribution in [-0.4, -0.2) is 32.7 Å². The molecule has 0 saturated carbocycles. The van der Waals surface area contributed by atoms with Crippen molar-refractivity contribution in [1.82, 2.24) is 24.9 Å². The van der Waals surface area contributed by atoms with Crippen LogP contribution in [0.5, 0.6) is 0 Å². The van der Waals surface area contributed by atoms with Crippen molar-refractivity contribution in [3.63, 3.8) is 0 Å². The Morgan fingerprint density at radius 2 is 1.90 bits per heavy atom. The second-order valence-corrected chi connectivity index (χ2v) is 7.28. The van der Waals surface area contributed by atoms with Crippen LogP contribution in [0.3, 0.4) is 0 Å². The molecule has 4 aromatic rings. The minimum Gasteiger partial charge on any atom is -0.316 e. The summed E-state index contributed by atoms with van der Waals surface area (Å²) in [5.74, 6) is 6.86. The third-order valence-corrected chi connectivity index (χ3v) is 5.27. The van der Waals surface area contributed by atoms with Crippen LogP contribution >= 0.6 is 0 Å². The number of nitrogens with one attached hydrogen (secondary N) is 1. The maximum absolute atomic E-state index is 4.77. The van der Waals surface area contributed by atoms with E-state index in [1.807, 2.05) is 42.7 Å². The van der Waals surface area contributed by atoms with E-state index >= 15 is 0 Å². The van der Waals surface area contributed by atoms with Gasteiger partial charge in [-0.25, -0.2) is 14.5 Å². The Kier molecular flexibility index (Phi) is 4.77. The number of fused-ring (bicyclic) bond motifs is 1. The molecule has 1 N–H and O–H groups in total. The van der Waals surface area contributed by atoms with E-state index in [0.717, 1.165) is 46.8 Å². The van der Waals surface area contributed by atoms with Crippen LogP contribution in [0.1, 0.15) is 35.7 Å². The number of hydrogen-bond donors (Lipinski definition) is 1. The Morgan fingerprint density at radius 1 is 0.966 bits per heavy atom. The van der Waals surface area contributed by atoms with Gasteiger partial charge in [0.05, 0.1) is 11.8 Å². The van der Waals surface area contributed by atoms with Gasteiger partial charge in [-0.1, -0.05) is 42.3 Å². The third kappa shape index (κ3) is 3.75. The van der Waals surface area contributed by atoms with Crippen LogP contribution in [-0.2, 0) is 0 Å². The Morgan fingerprint density at radius 3 is 2.76 bits per heavy atom. The minimum absolute atomic E-state index is 0.473. The number of piperidine rings is 1. The number of pyridine rings is 1. The maximum Gasteiger partial charge on any atom is 0.170 e. The van der Waals surface area contributed by atoms with Gasteiger partial charge in [-0.05, 0) is 43.0 Å². The number of hydrogen-bond acceptors (Lipinski definition) is 4. The molecule has 0 amide bonds. The summed E-state index contributed by atoms with van der Waals surface area (Å²) in [6.07, 6.45) is 7.99. The fourth-order valence-corrected chi connectivity index (χ4v) is 3.73. The molecule has 1 saturated heterocycles.